The standard InChI is InChI=1S/C30H26BrClN2O5S/c1-4-5-21-12-20(13-25(38-3)28(21)39-17-19-7-9-22(31)10-8-19)14-26-29(36)34(30(37)40-26)16-27(35)33-24-15-23(32)11-6-18(24)2/h4,6-15H,1,5,16-17H2,2-3H3,(H,33,35)/b26-14-. The molecule has 1 aliphatic rings. The number of rotatable bonds is 10. The molecule has 40 heavy (non-hydrogen) atoms. The summed E-state index contributed by atoms with van der Waals surface area (Å²) in [6, 6.07) is 16.5. The van der Waals surface area contributed by atoms with Gasteiger partial charge < -0.3 is 14.8 Å². The second-order valence-corrected chi connectivity index (χ2v) is 11.2. The Morgan fingerprint density at radius 2 is 1.90 bits per heavy atom. The number of anilines is 1. The summed E-state index contributed by atoms with van der Waals surface area (Å²) in [5.74, 6) is 0.00524. The predicted octanol–water partition coefficient (Wildman–Crippen LogP) is 7.40. The first kappa shape index (κ1) is 29.5. The summed E-state index contributed by atoms with van der Waals surface area (Å²) in [4.78, 5) is 39.5. The lowest BCUT2D eigenvalue weighted by molar-refractivity contribution is -0.127. The zero-order chi connectivity index (χ0) is 28.8. The number of nitrogens with one attached hydrogen (secondary N) is 1. The smallest absolute Gasteiger partial charge is 0.294 e. The predicted molar refractivity (Wildman–Crippen MR) is 163 cm³/mol. The van der Waals surface area contributed by atoms with Crippen LogP contribution in [0.15, 0.2) is 76.6 Å². The van der Waals surface area contributed by atoms with E-state index < -0.39 is 23.6 Å². The molecule has 206 valence electrons. The topological polar surface area (TPSA) is 84.9 Å². The van der Waals surface area contributed by atoms with Crippen LogP contribution in [0.4, 0.5) is 10.5 Å². The second kappa shape index (κ2) is 13.2. The van der Waals surface area contributed by atoms with Crippen LogP contribution in [0.5, 0.6) is 11.5 Å². The Kier molecular flexibility index (Phi) is 9.73. The number of ether oxygens (including phenoxy) is 2. The average Bonchev–Trinajstić information content (AvgIpc) is 3.18. The van der Waals surface area contributed by atoms with Crippen LogP contribution in [-0.2, 0) is 22.6 Å². The summed E-state index contributed by atoms with van der Waals surface area (Å²) in [5.41, 5.74) is 3.77. The van der Waals surface area contributed by atoms with Crippen LogP contribution in [-0.4, -0.2) is 35.6 Å². The van der Waals surface area contributed by atoms with Gasteiger partial charge in [0.05, 0.1) is 12.0 Å². The Labute approximate surface area is 250 Å². The number of carbonyl (C=O) groups is 3. The van der Waals surface area contributed by atoms with Gasteiger partial charge in [0.1, 0.15) is 13.2 Å². The molecular weight excluding hydrogens is 616 g/mol. The molecular formula is C30H26BrClN2O5S. The summed E-state index contributed by atoms with van der Waals surface area (Å²) in [6.45, 7) is 5.58. The largest absolute Gasteiger partial charge is 0.493 e. The third-order valence-corrected chi connectivity index (χ3v) is 7.65. The molecule has 1 heterocycles. The summed E-state index contributed by atoms with van der Waals surface area (Å²) in [5, 5.41) is 2.65. The summed E-state index contributed by atoms with van der Waals surface area (Å²) in [7, 11) is 1.54. The zero-order valence-corrected chi connectivity index (χ0v) is 25.0. The maximum absolute atomic E-state index is 13.1. The first-order valence-corrected chi connectivity index (χ1v) is 14.2. The van der Waals surface area contributed by atoms with E-state index in [-0.39, 0.29) is 4.91 Å². The van der Waals surface area contributed by atoms with Crippen molar-refractivity contribution in [2.24, 2.45) is 0 Å². The van der Waals surface area contributed by atoms with E-state index in [1.165, 1.54) is 7.11 Å². The molecule has 0 unspecified atom stereocenters. The highest BCUT2D eigenvalue weighted by Gasteiger charge is 2.36. The van der Waals surface area contributed by atoms with Crippen LogP contribution in [0.3, 0.4) is 0 Å². The molecule has 1 N–H and O–H groups in total. The van der Waals surface area contributed by atoms with E-state index in [1.807, 2.05) is 37.3 Å². The molecule has 7 nitrogen and oxygen atoms in total. The Morgan fingerprint density at radius 1 is 1.15 bits per heavy atom. The fourth-order valence-electron chi connectivity index (χ4n) is 3.98. The van der Waals surface area contributed by atoms with E-state index in [4.69, 9.17) is 21.1 Å². The fourth-order valence-corrected chi connectivity index (χ4v) is 5.25. The Balaban J connectivity index is 1.52. The number of nitrogens with zero attached hydrogens (tertiary/aromatic N) is 1. The average molecular weight is 642 g/mol. The van der Waals surface area contributed by atoms with Gasteiger partial charge in [-0.2, -0.15) is 0 Å². The van der Waals surface area contributed by atoms with Crippen LogP contribution in [0, 0.1) is 6.92 Å². The molecule has 10 heteroatoms. The zero-order valence-electron chi connectivity index (χ0n) is 21.8. The van der Waals surface area contributed by atoms with Crippen LogP contribution in [0.1, 0.15) is 22.3 Å². The first-order chi connectivity index (χ1) is 19.2. The van der Waals surface area contributed by atoms with Gasteiger partial charge in [0.15, 0.2) is 11.5 Å². The lowest BCUT2D eigenvalue weighted by Gasteiger charge is -2.16. The maximum atomic E-state index is 13.1. The molecule has 1 saturated heterocycles. The van der Waals surface area contributed by atoms with Gasteiger partial charge in [-0.25, -0.2) is 0 Å². The van der Waals surface area contributed by atoms with Crippen molar-refractivity contribution >= 4 is 68.1 Å². The molecule has 3 amide bonds. The number of hydrogen-bond donors (Lipinski definition) is 1. The number of methoxy groups -OCH3 is 1. The number of carbonyl (C=O) groups excluding carboxylic acids is 3. The van der Waals surface area contributed by atoms with Crippen molar-refractivity contribution in [3.05, 3.63) is 104 Å². The van der Waals surface area contributed by atoms with Crippen molar-refractivity contribution in [2.45, 2.75) is 20.0 Å². The molecule has 0 radical (unpaired) electrons. The molecule has 0 aromatic heterocycles. The fraction of sp³-hybridized carbons (Fsp3) is 0.167. The monoisotopic (exact) mass is 640 g/mol. The van der Waals surface area contributed by atoms with Gasteiger partial charge >= 0.3 is 0 Å². The first-order valence-electron chi connectivity index (χ1n) is 12.2. The second-order valence-electron chi connectivity index (χ2n) is 8.89. The number of amides is 3. The molecule has 0 saturated carbocycles. The van der Waals surface area contributed by atoms with E-state index in [9.17, 15) is 14.4 Å². The van der Waals surface area contributed by atoms with E-state index in [0.29, 0.717) is 40.8 Å². The van der Waals surface area contributed by atoms with E-state index in [0.717, 1.165) is 37.8 Å². The summed E-state index contributed by atoms with van der Waals surface area (Å²) >= 11 is 10.2. The van der Waals surface area contributed by atoms with Gasteiger partial charge in [0.25, 0.3) is 11.1 Å². The van der Waals surface area contributed by atoms with E-state index in [2.05, 4.69) is 27.8 Å². The molecule has 1 aliphatic heterocycles. The summed E-state index contributed by atoms with van der Waals surface area (Å²) < 4.78 is 12.7. The van der Waals surface area contributed by atoms with E-state index in [1.54, 1.807) is 36.4 Å². The van der Waals surface area contributed by atoms with Crippen LogP contribution >= 0.6 is 39.3 Å². The lowest BCUT2D eigenvalue weighted by atomic mass is 10.0. The Bertz CT molecular complexity index is 1510. The third-order valence-electron chi connectivity index (χ3n) is 5.98. The van der Waals surface area contributed by atoms with Crippen molar-refractivity contribution in [2.75, 3.05) is 19.0 Å². The highest BCUT2D eigenvalue weighted by Crippen LogP contribution is 2.37. The number of halogens is 2. The summed E-state index contributed by atoms with van der Waals surface area (Å²) in [6.07, 6.45) is 3.86. The number of hydrogen-bond acceptors (Lipinski definition) is 6. The Hall–Kier alpha value is -3.53. The van der Waals surface area contributed by atoms with Crippen molar-refractivity contribution in [3.8, 4) is 11.5 Å². The number of allylic oxidation sites excluding steroid dienone is 1. The molecule has 0 spiro atoms. The minimum Gasteiger partial charge on any atom is -0.493 e. The Morgan fingerprint density at radius 3 is 2.60 bits per heavy atom. The molecule has 4 rings (SSSR count). The van der Waals surface area contributed by atoms with Gasteiger partial charge in [-0.3, -0.25) is 19.3 Å². The van der Waals surface area contributed by atoms with Gasteiger partial charge in [-0.05, 0) is 84.3 Å². The number of aryl methyl sites for hydroxylation is 1. The maximum Gasteiger partial charge on any atom is 0.294 e. The van der Waals surface area contributed by atoms with E-state index >= 15 is 0 Å². The normalized spacial score (nSPS) is 14.0. The molecule has 0 atom stereocenters. The van der Waals surface area contributed by atoms with Crippen molar-refractivity contribution in [1.29, 1.82) is 0 Å². The number of imide groups is 1. The van der Waals surface area contributed by atoms with Gasteiger partial charge in [0.2, 0.25) is 5.91 Å². The molecule has 1 fully saturated rings. The highest BCUT2D eigenvalue weighted by atomic mass is 79.9. The van der Waals surface area contributed by atoms with Crippen molar-refractivity contribution in [3.63, 3.8) is 0 Å². The van der Waals surface area contributed by atoms with Crippen LogP contribution in [0.25, 0.3) is 6.08 Å². The minimum absolute atomic E-state index is 0.201. The molecule has 0 aliphatic carbocycles. The van der Waals surface area contributed by atoms with Gasteiger partial charge in [-0.15, -0.1) is 6.58 Å². The van der Waals surface area contributed by atoms with Gasteiger partial charge in [0, 0.05) is 20.7 Å². The van der Waals surface area contributed by atoms with Crippen LogP contribution in [0.2, 0.25) is 5.02 Å². The molecule has 3 aromatic carbocycles. The molecule has 3 aromatic rings. The van der Waals surface area contributed by atoms with Crippen molar-refractivity contribution < 1.29 is 23.9 Å². The highest BCUT2D eigenvalue weighted by molar-refractivity contribution is 9.10. The molecule has 0 bridgehead atoms. The minimum atomic E-state index is -0.548. The SMILES string of the molecule is C=CCc1cc(/C=C2\SC(=O)N(CC(=O)Nc3cc(Cl)ccc3C)C2=O)cc(OC)c1OCc1ccc(Br)cc1. The van der Waals surface area contributed by atoms with Crippen LogP contribution < -0.4 is 14.8 Å². The van der Waals surface area contributed by atoms with Crippen molar-refractivity contribution in [1.82, 2.24) is 4.90 Å². The number of benzene rings is 3. The quantitative estimate of drug-likeness (QED) is 0.183. The lowest BCUT2D eigenvalue weighted by Crippen LogP contribution is -2.36. The van der Waals surface area contributed by atoms with Gasteiger partial charge in [-0.1, -0.05) is 51.8 Å². The number of thioether (sulfide) groups is 1. The third kappa shape index (κ3) is 7.15.